The Kier molecular flexibility index (Phi) is 5.97. The minimum Gasteiger partial charge on any atom is -0.324 e. The van der Waals surface area contributed by atoms with Crippen molar-refractivity contribution in [2.45, 2.75) is 6.92 Å². The molecule has 134 valence electrons. The third-order valence-electron chi connectivity index (χ3n) is 3.67. The van der Waals surface area contributed by atoms with Crippen molar-refractivity contribution in [2.75, 3.05) is 11.6 Å². The van der Waals surface area contributed by atoms with Gasteiger partial charge in [0.25, 0.3) is 0 Å². The Bertz CT molecular complexity index is 996. The van der Waals surface area contributed by atoms with Crippen LogP contribution in [0.5, 0.6) is 0 Å². The van der Waals surface area contributed by atoms with Crippen molar-refractivity contribution >= 4 is 34.3 Å². The van der Waals surface area contributed by atoms with E-state index in [0.717, 1.165) is 28.2 Å². The van der Waals surface area contributed by atoms with E-state index in [-0.39, 0.29) is 0 Å². The molecule has 0 atom stereocenters. The summed E-state index contributed by atoms with van der Waals surface area (Å²) in [6.45, 7) is 1.99. The van der Waals surface area contributed by atoms with E-state index < -0.39 is 0 Å². The third kappa shape index (κ3) is 4.80. The Morgan fingerprint density at radius 2 is 2.11 bits per heavy atom. The van der Waals surface area contributed by atoms with Crippen LogP contribution in [0.1, 0.15) is 5.56 Å². The average Bonchev–Trinajstić information content (AvgIpc) is 2.71. The Morgan fingerprint density at radius 1 is 1.22 bits per heavy atom. The van der Waals surface area contributed by atoms with Crippen LogP contribution < -0.4 is 10.6 Å². The van der Waals surface area contributed by atoms with Gasteiger partial charge in [-0.1, -0.05) is 17.8 Å². The number of nitriles is 1. The summed E-state index contributed by atoms with van der Waals surface area (Å²) in [7, 11) is 0. The highest BCUT2D eigenvalue weighted by atomic mass is 32.2. The number of benzene rings is 1. The zero-order valence-corrected chi connectivity index (χ0v) is 15.7. The Balaban J connectivity index is 1.88. The second-order valence-corrected chi connectivity index (χ2v) is 6.28. The molecule has 0 spiro atoms. The van der Waals surface area contributed by atoms with Crippen LogP contribution in [0.2, 0.25) is 0 Å². The average molecular weight is 375 g/mol. The van der Waals surface area contributed by atoms with Gasteiger partial charge in [0, 0.05) is 29.8 Å². The number of hydrogen-bond donors (Lipinski definition) is 2. The highest BCUT2D eigenvalue weighted by Crippen LogP contribution is 2.26. The molecule has 2 N–H and O–H groups in total. The third-order valence-corrected chi connectivity index (χ3v) is 4.25. The molecule has 27 heavy (non-hydrogen) atoms. The van der Waals surface area contributed by atoms with E-state index in [9.17, 15) is 0 Å². The maximum absolute atomic E-state index is 8.77. The van der Waals surface area contributed by atoms with Crippen LogP contribution in [0.15, 0.2) is 60.0 Å². The fourth-order valence-electron chi connectivity index (χ4n) is 2.32. The number of aryl methyl sites for hydroxylation is 1. The monoisotopic (exact) mass is 375 g/mol. The summed E-state index contributed by atoms with van der Waals surface area (Å²) in [5.74, 6) is 0.487. The van der Waals surface area contributed by atoms with Gasteiger partial charge in [-0.3, -0.25) is 10.3 Å². The highest BCUT2D eigenvalue weighted by Gasteiger charge is 2.06. The van der Waals surface area contributed by atoms with Crippen molar-refractivity contribution in [1.82, 2.24) is 20.3 Å². The van der Waals surface area contributed by atoms with Gasteiger partial charge in [-0.25, -0.2) is 15.0 Å². The molecule has 0 saturated heterocycles. The van der Waals surface area contributed by atoms with Gasteiger partial charge in [0.05, 0.1) is 11.4 Å². The van der Waals surface area contributed by atoms with E-state index in [0.29, 0.717) is 11.1 Å². The van der Waals surface area contributed by atoms with Gasteiger partial charge < -0.3 is 5.32 Å². The molecule has 0 fully saturated rings. The molecule has 2 heterocycles. The van der Waals surface area contributed by atoms with Gasteiger partial charge in [0.15, 0.2) is 11.4 Å². The predicted molar refractivity (Wildman–Crippen MR) is 109 cm³/mol. The Morgan fingerprint density at radius 3 is 2.85 bits per heavy atom. The molecule has 7 nitrogen and oxygen atoms in total. The fraction of sp³-hybridized carbons (Fsp3) is 0.105. The quantitative estimate of drug-likeness (QED) is 0.308. The summed E-state index contributed by atoms with van der Waals surface area (Å²) >= 11 is 1.37. The van der Waals surface area contributed by atoms with Crippen LogP contribution in [-0.2, 0) is 0 Å². The standard InChI is InChI=1S/C19H17N7S/c1-13-5-6-15(24-19(27-2)23-12-20)10-17(13)26-18-22-9-7-16(25-18)14-4-3-8-21-11-14/h3-11H,1-2H3,(H,23,24)(H,22,25,26). The first kappa shape index (κ1) is 18.4. The normalized spacial score (nSPS) is 10.9. The number of anilines is 2. The lowest BCUT2D eigenvalue weighted by Crippen LogP contribution is -2.12. The van der Waals surface area contributed by atoms with Gasteiger partial charge in [-0.15, -0.1) is 0 Å². The summed E-state index contributed by atoms with van der Waals surface area (Å²) < 4.78 is 0. The maximum atomic E-state index is 8.77. The fourth-order valence-corrected chi connectivity index (χ4v) is 2.66. The topological polar surface area (TPSA) is 98.9 Å². The van der Waals surface area contributed by atoms with Gasteiger partial charge in [0.1, 0.15) is 0 Å². The van der Waals surface area contributed by atoms with Gasteiger partial charge >= 0.3 is 0 Å². The molecule has 8 heteroatoms. The minimum absolute atomic E-state index is 0.487. The molecule has 0 unspecified atom stereocenters. The summed E-state index contributed by atoms with van der Waals surface area (Å²) in [6, 6.07) is 11.4. The lowest BCUT2D eigenvalue weighted by molar-refractivity contribution is 1.16. The molecule has 1 aromatic carbocycles. The molecule has 0 saturated carbocycles. The second kappa shape index (κ2) is 8.78. The number of amidine groups is 1. The predicted octanol–water partition coefficient (Wildman–Crippen LogP) is 4.01. The Hall–Kier alpha value is -3.44. The van der Waals surface area contributed by atoms with E-state index in [1.54, 1.807) is 18.6 Å². The number of thioether (sulfide) groups is 1. The van der Waals surface area contributed by atoms with Crippen molar-refractivity contribution in [2.24, 2.45) is 4.99 Å². The van der Waals surface area contributed by atoms with Crippen LogP contribution in [0.4, 0.5) is 17.3 Å². The first-order valence-electron chi connectivity index (χ1n) is 8.08. The van der Waals surface area contributed by atoms with Crippen LogP contribution in [-0.4, -0.2) is 26.4 Å². The van der Waals surface area contributed by atoms with Crippen LogP contribution in [0.3, 0.4) is 0 Å². The van der Waals surface area contributed by atoms with Crippen molar-refractivity contribution in [3.8, 4) is 17.5 Å². The summed E-state index contributed by atoms with van der Waals surface area (Å²) in [5, 5.41) is 15.1. The minimum atomic E-state index is 0.487. The van der Waals surface area contributed by atoms with E-state index in [4.69, 9.17) is 5.26 Å². The molecular weight excluding hydrogens is 358 g/mol. The molecule has 0 amide bonds. The number of rotatable bonds is 4. The van der Waals surface area contributed by atoms with Gasteiger partial charge in [-0.2, -0.15) is 5.26 Å². The van der Waals surface area contributed by atoms with Crippen molar-refractivity contribution in [3.05, 3.63) is 60.6 Å². The smallest absolute Gasteiger partial charge is 0.227 e. The molecule has 3 rings (SSSR count). The zero-order chi connectivity index (χ0) is 19.1. The molecular formula is C19H17N7S. The second-order valence-electron chi connectivity index (χ2n) is 5.49. The van der Waals surface area contributed by atoms with E-state index in [1.807, 2.05) is 55.8 Å². The van der Waals surface area contributed by atoms with E-state index in [2.05, 4.69) is 30.6 Å². The summed E-state index contributed by atoms with van der Waals surface area (Å²) in [5.41, 5.74) is 4.31. The van der Waals surface area contributed by atoms with Crippen molar-refractivity contribution in [1.29, 1.82) is 5.26 Å². The number of aromatic nitrogens is 3. The molecule has 0 aliphatic heterocycles. The number of aliphatic imine (C=N–C) groups is 1. The van der Waals surface area contributed by atoms with Crippen LogP contribution in [0, 0.1) is 18.4 Å². The first-order chi connectivity index (χ1) is 13.2. The number of pyridine rings is 1. The van der Waals surface area contributed by atoms with Crippen LogP contribution in [0.25, 0.3) is 11.3 Å². The summed E-state index contributed by atoms with van der Waals surface area (Å²) in [4.78, 5) is 17.4. The molecule has 2 aromatic heterocycles. The van der Waals surface area contributed by atoms with Gasteiger partial charge in [-0.05, 0) is 49.1 Å². The lowest BCUT2D eigenvalue weighted by Gasteiger charge is -2.10. The molecule has 0 aliphatic rings. The van der Waals surface area contributed by atoms with Gasteiger partial charge in [0.2, 0.25) is 5.95 Å². The first-order valence-corrected chi connectivity index (χ1v) is 9.31. The van der Waals surface area contributed by atoms with E-state index in [1.165, 1.54) is 11.8 Å². The maximum Gasteiger partial charge on any atom is 0.227 e. The molecule has 0 aliphatic carbocycles. The van der Waals surface area contributed by atoms with Crippen molar-refractivity contribution in [3.63, 3.8) is 0 Å². The zero-order valence-electron chi connectivity index (χ0n) is 14.8. The number of nitrogens with one attached hydrogen (secondary N) is 2. The van der Waals surface area contributed by atoms with E-state index >= 15 is 0 Å². The number of hydrogen-bond acceptors (Lipinski definition) is 7. The largest absolute Gasteiger partial charge is 0.324 e. The lowest BCUT2D eigenvalue weighted by atomic mass is 10.2. The highest BCUT2D eigenvalue weighted by molar-refractivity contribution is 8.13. The van der Waals surface area contributed by atoms with Crippen LogP contribution >= 0.6 is 11.8 Å². The Labute approximate surface area is 161 Å². The van der Waals surface area contributed by atoms with Crippen molar-refractivity contribution < 1.29 is 0 Å². The SMILES string of the molecule is CSC(=Nc1ccc(C)c(Nc2nccc(-c3cccnc3)n2)c1)NC#N. The molecule has 0 radical (unpaired) electrons. The molecule has 3 aromatic rings. The molecule has 0 bridgehead atoms. The summed E-state index contributed by atoms with van der Waals surface area (Å²) in [6.07, 6.45) is 8.93. The number of nitrogens with zero attached hydrogens (tertiary/aromatic N) is 5.